The van der Waals surface area contributed by atoms with Crippen molar-refractivity contribution < 1.29 is 14.8 Å². The fraction of sp³-hybridized carbons (Fsp3) is 0.545. The zero-order chi connectivity index (χ0) is 13.3. The molecular formula is C11H14N2O4S. The van der Waals surface area contributed by atoms with Gasteiger partial charge in [0.1, 0.15) is 5.54 Å². The van der Waals surface area contributed by atoms with E-state index in [1.807, 2.05) is 4.90 Å². The number of likely N-dealkylation sites (tertiary alicyclic amines) is 1. The van der Waals surface area contributed by atoms with Crippen molar-refractivity contribution in [2.24, 2.45) is 0 Å². The highest BCUT2D eigenvalue weighted by Gasteiger charge is 2.43. The van der Waals surface area contributed by atoms with Gasteiger partial charge < -0.3 is 5.11 Å². The Bertz CT molecular complexity index is 487. The quantitative estimate of drug-likeness (QED) is 0.669. The lowest BCUT2D eigenvalue weighted by molar-refractivity contribution is -0.380. The van der Waals surface area contributed by atoms with Crippen LogP contribution in [0.4, 0.5) is 5.00 Å². The molecule has 1 unspecified atom stereocenters. The van der Waals surface area contributed by atoms with Gasteiger partial charge in [-0.1, -0.05) is 11.3 Å². The number of carboxylic acid groups (broad SMARTS) is 1. The van der Waals surface area contributed by atoms with E-state index in [2.05, 4.69) is 0 Å². The molecule has 0 aromatic carbocycles. The second-order valence-corrected chi connectivity index (χ2v) is 5.54. The molecule has 98 valence electrons. The normalized spacial score (nSPS) is 24.3. The number of aliphatic carboxylic acids is 1. The van der Waals surface area contributed by atoms with Crippen molar-refractivity contribution in [2.45, 2.75) is 31.8 Å². The molecule has 18 heavy (non-hydrogen) atoms. The Balaban J connectivity index is 2.13. The van der Waals surface area contributed by atoms with Gasteiger partial charge >= 0.3 is 11.0 Å². The number of carbonyl (C=O) groups is 1. The number of nitrogens with zero attached hydrogens (tertiary/aromatic N) is 2. The van der Waals surface area contributed by atoms with Gasteiger partial charge in [0.2, 0.25) is 0 Å². The Morgan fingerprint density at radius 3 is 3.00 bits per heavy atom. The maximum atomic E-state index is 11.3. The molecule has 0 spiro atoms. The summed E-state index contributed by atoms with van der Waals surface area (Å²) in [5, 5.41) is 21.7. The Hall–Kier alpha value is -1.47. The van der Waals surface area contributed by atoms with Crippen molar-refractivity contribution in [2.75, 3.05) is 6.54 Å². The van der Waals surface area contributed by atoms with Crippen molar-refractivity contribution in [3.05, 3.63) is 27.1 Å². The van der Waals surface area contributed by atoms with Gasteiger partial charge in [0.15, 0.2) is 0 Å². The van der Waals surface area contributed by atoms with Crippen LogP contribution in [-0.2, 0) is 11.3 Å². The highest BCUT2D eigenvalue weighted by molar-refractivity contribution is 7.13. The first-order chi connectivity index (χ1) is 8.43. The molecule has 0 amide bonds. The molecule has 1 aliphatic heterocycles. The Morgan fingerprint density at radius 2 is 2.44 bits per heavy atom. The lowest BCUT2D eigenvalue weighted by atomic mass is 9.99. The van der Waals surface area contributed by atoms with Crippen LogP contribution in [0.5, 0.6) is 0 Å². The Morgan fingerprint density at radius 1 is 1.72 bits per heavy atom. The monoisotopic (exact) mass is 270 g/mol. The van der Waals surface area contributed by atoms with E-state index in [0.717, 1.165) is 23.3 Å². The minimum absolute atomic E-state index is 0.0984. The molecule has 7 heteroatoms. The maximum Gasteiger partial charge on any atom is 0.324 e. The lowest BCUT2D eigenvalue weighted by Gasteiger charge is -2.30. The molecule has 1 aromatic heterocycles. The van der Waals surface area contributed by atoms with E-state index in [-0.39, 0.29) is 5.00 Å². The van der Waals surface area contributed by atoms with E-state index in [1.165, 1.54) is 6.07 Å². The molecule has 1 atom stereocenters. The van der Waals surface area contributed by atoms with Crippen LogP contribution in [0.1, 0.15) is 25.3 Å². The molecule has 0 saturated carbocycles. The Kier molecular flexibility index (Phi) is 3.36. The maximum absolute atomic E-state index is 11.3. The van der Waals surface area contributed by atoms with Gasteiger partial charge in [-0.3, -0.25) is 19.8 Å². The first-order valence-corrected chi connectivity index (χ1v) is 6.52. The smallest absolute Gasteiger partial charge is 0.324 e. The third-order valence-corrected chi connectivity index (χ3v) is 4.37. The van der Waals surface area contributed by atoms with E-state index in [4.69, 9.17) is 0 Å². The van der Waals surface area contributed by atoms with Crippen molar-refractivity contribution >= 4 is 22.3 Å². The molecule has 1 aromatic rings. The summed E-state index contributed by atoms with van der Waals surface area (Å²) < 4.78 is 0. The van der Waals surface area contributed by atoms with Crippen LogP contribution in [0.15, 0.2) is 11.4 Å². The van der Waals surface area contributed by atoms with Crippen LogP contribution in [0.2, 0.25) is 0 Å². The highest BCUT2D eigenvalue weighted by atomic mass is 32.1. The van der Waals surface area contributed by atoms with Crippen LogP contribution >= 0.6 is 11.3 Å². The van der Waals surface area contributed by atoms with E-state index in [0.29, 0.717) is 19.5 Å². The summed E-state index contributed by atoms with van der Waals surface area (Å²) in [6.45, 7) is 2.88. The predicted octanol–water partition coefficient (Wildman–Crippen LogP) is 2.10. The molecular weight excluding hydrogens is 256 g/mol. The van der Waals surface area contributed by atoms with Crippen molar-refractivity contribution in [1.29, 1.82) is 0 Å². The van der Waals surface area contributed by atoms with Crippen LogP contribution < -0.4 is 0 Å². The van der Waals surface area contributed by atoms with E-state index in [1.54, 1.807) is 12.3 Å². The first kappa shape index (κ1) is 13.0. The van der Waals surface area contributed by atoms with Gasteiger partial charge in [-0.2, -0.15) is 0 Å². The van der Waals surface area contributed by atoms with Crippen LogP contribution in [0.3, 0.4) is 0 Å². The minimum atomic E-state index is -0.850. The second-order valence-electron chi connectivity index (χ2n) is 4.65. The number of thiophene rings is 1. The standard InChI is InChI=1S/C11H14N2O4S/c1-11(10(14)15)3-2-4-12(11)6-8-5-9(13(16)17)18-7-8/h5,7H,2-4,6H2,1H3,(H,14,15). The SMILES string of the molecule is CC1(C(=O)O)CCCN1Cc1csc([N+](=O)[O-])c1. The van der Waals surface area contributed by atoms with E-state index < -0.39 is 16.4 Å². The molecule has 1 fully saturated rings. The summed E-state index contributed by atoms with van der Waals surface area (Å²) >= 11 is 1.08. The average Bonchev–Trinajstić information content (AvgIpc) is 2.88. The fourth-order valence-corrected chi connectivity index (χ4v) is 3.00. The summed E-state index contributed by atoms with van der Waals surface area (Å²) in [5.41, 5.74) is -0.0439. The van der Waals surface area contributed by atoms with Gasteiger partial charge in [-0.25, -0.2) is 0 Å². The van der Waals surface area contributed by atoms with Gasteiger partial charge in [0.05, 0.1) is 4.92 Å². The van der Waals surface area contributed by atoms with E-state index >= 15 is 0 Å². The predicted molar refractivity (Wildman–Crippen MR) is 66.7 cm³/mol. The number of hydrogen-bond donors (Lipinski definition) is 1. The number of rotatable bonds is 4. The molecule has 2 rings (SSSR count). The summed E-state index contributed by atoms with van der Waals surface area (Å²) in [6, 6.07) is 1.52. The number of carboxylic acids is 1. The lowest BCUT2D eigenvalue weighted by Crippen LogP contribution is -2.47. The minimum Gasteiger partial charge on any atom is -0.480 e. The Labute approximate surface area is 108 Å². The first-order valence-electron chi connectivity index (χ1n) is 5.64. The van der Waals surface area contributed by atoms with Gasteiger partial charge in [-0.05, 0) is 31.9 Å². The summed E-state index contributed by atoms with van der Waals surface area (Å²) in [7, 11) is 0. The summed E-state index contributed by atoms with van der Waals surface area (Å²) in [5.74, 6) is -0.829. The third-order valence-electron chi connectivity index (χ3n) is 3.44. The topological polar surface area (TPSA) is 83.7 Å². The number of hydrogen-bond acceptors (Lipinski definition) is 5. The van der Waals surface area contributed by atoms with Crippen LogP contribution in [0, 0.1) is 10.1 Å². The third kappa shape index (κ3) is 2.23. The van der Waals surface area contributed by atoms with Gasteiger partial charge in [0, 0.05) is 18.0 Å². The second kappa shape index (κ2) is 4.66. The summed E-state index contributed by atoms with van der Waals surface area (Å²) in [6.07, 6.45) is 1.46. The number of nitro groups is 1. The largest absolute Gasteiger partial charge is 0.480 e. The van der Waals surface area contributed by atoms with E-state index in [9.17, 15) is 20.0 Å². The molecule has 1 aliphatic rings. The molecule has 0 radical (unpaired) electrons. The van der Waals surface area contributed by atoms with Gasteiger partial charge in [0.25, 0.3) is 0 Å². The van der Waals surface area contributed by atoms with Crippen molar-refractivity contribution in [3.63, 3.8) is 0 Å². The van der Waals surface area contributed by atoms with Crippen LogP contribution in [-0.4, -0.2) is 33.0 Å². The highest BCUT2D eigenvalue weighted by Crippen LogP contribution is 2.32. The molecule has 0 bridgehead atoms. The van der Waals surface area contributed by atoms with Crippen LogP contribution in [0.25, 0.3) is 0 Å². The summed E-state index contributed by atoms with van der Waals surface area (Å²) in [4.78, 5) is 23.3. The average molecular weight is 270 g/mol. The van der Waals surface area contributed by atoms with Crippen molar-refractivity contribution in [1.82, 2.24) is 4.90 Å². The molecule has 1 N–H and O–H groups in total. The van der Waals surface area contributed by atoms with Gasteiger partial charge in [-0.15, -0.1) is 0 Å². The molecule has 0 aliphatic carbocycles. The zero-order valence-corrected chi connectivity index (χ0v) is 10.8. The molecule has 1 saturated heterocycles. The molecule has 6 nitrogen and oxygen atoms in total. The van der Waals surface area contributed by atoms with Crippen molar-refractivity contribution in [3.8, 4) is 0 Å². The molecule has 2 heterocycles. The zero-order valence-electron chi connectivity index (χ0n) is 9.96. The fourth-order valence-electron chi connectivity index (χ4n) is 2.28.